The lowest BCUT2D eigenvalue weighted by Gasteiger charge is -2.12. The van der Waals surface area contributed by atoms with Crippen molar-refractivity contribution in [2.75, 3.05) is 0 Å². The highest BCUT2D eigenvalue weighted by Gasteiger charge is 2.31. The highest BCUT2D eigenvalue weighted by molar-refractivity contribution is 9.10. The second kappa shape index (κ2) is 8.58. The lowest BCUT2D eigenvalue weighted by Crippen LogP contribution is -2.20. The Bertz CT molecular complexity index is 1380. The fraction of sp³-hybridized carbons (Fsp3) is 0.0870. The van der Waals surface area contributed by atoms with Crippen LogP contribution in [0.1, 0.15) is 11.1 Å². The molecule has 0 bridgehead atoms. The zero-order valence-electron chi connectivity index (χ0n) is 16.6. The quantitative estimate of drug-likeness (QED) is 0.326. The van der Waals surface area contributed by atoms with Gasteiger partial charge in [0.05, 0.1) is 17.1 Å². The van der Waals surface area contributed by atoms with Crippen LogP contribution < -0.4 is 10.3 Å². The maximum atomic E-state index is 13.2. The fourth-order valence-corrected chi connectivity index (χ4v) is 3.41. The van der Waals surface area contributed by atoms with Crippen LogP contribution in [0.5, 0.6) is 5.75 Å². The Labute approximate surface area is 188 Å². The van der Waals surface area contributed by atoms with Crippen LogP contribution in [0.25, 0.3) is 22.3 Å². The Morgan fingerprint density at radius 1 is 1.06 bits per heavy atom. The summed E-state index contributed by atoms with van der Waals surface area (Å²) in [6.07, 6.45) is -3.35. The molecule has 0 spiro atoms. The number of benzene rings is 3. The molecule has 0 fully saturated rings. The molecule has 0 amide bonds. The first-order valence-corrected chi connectivity index (χ1v) is 10.2. The number of fused-ring (bicyclic) bond motifs is 1. The number of alkyl halides is 3. The zero-order chi connectivity index (χ0) is 22.9. The van der Waals surface area contributed by atoms with Crippen molar-refractivity contribution in [1.82, 2.24) is 9.66 Å². The van der Waals surface area contributed by atoms with E-state index in [-0.39, 0.29) is 11.4 Å². The molecule has 4 aromatic rings. The molecule has 0 aliphatic carbocycles. The number of rotatable bonds is 4. The van der Waals surface area contributed by atoms with E-state index < -0.39 is 17.7 Å². The maximum Gasteiger partial charge on any atom is 0.573 e. The average molecular weight is 502 g/mol. The number of halogens is 4. The summed E-state index contributed by atoms with van der Waals surface area (Å²) in [6, 6.07) is 17.7. The van der Waals surface area contributed by atoms with Gasteiger partial charge >= 0.3 is 6.36 Å². The molecule has 0 aliphatic heterocycles. The topological polar surface area (TPSA) is 56.5 Å². The van der Waals surface area contributed by atoms with E-state index in [1.807, 2.05) is 31.2 Å². The number of nitrogens with zero attached hydrogens (tertiary/aromatic N) is 3. The first kappa shape index (κ1) is 21.8. The summed E-state index contributed by atoms with van der Waals surface area (Å²) >= 11 is 3.34. The Kier molecular flexibility index (Phi) is 5.84. The summed E-state index contributed by atoms with van der Waals surface area (Å²) in [6.45, 7) is 1.95. The minimum atomic E-state index is -4.84. The third kappa shape index (κ3) is 4.88. The first-order chi connectivity index (χ1) is 15.2. The van der Waals surface area contributed by atoms with Crippen molar-refractivity contribution in [2.45, 2.75) is 13.3 Å². The predicted molar refractivity (Wildman–Crippen MR) is 120 cm³/mol. The van der Waals surface area contributed by atoms with Gasteiger partial charge in [0.1, 0.15) is 5.75 Å². The Hall–Kier alpha value is -3.46. The van der Waals surface area contributed by atoms with Crippen LogP contribution in [-0.2, 0) is 0 Å². The summed E-state index contributed by atoms with van der Waals surface area (Å²) in [4.78, 5) is 17.7. The van der Waals surface area contributed by atoms with E-state index in [2.05, 4.69) is 30.8 Å². The molecule has 1 heterocycles. The fourth-order valence-electron chi connectivity index (χ4n) is 3.05. The van der Waals surface area contributed by atoms with Crippen molar-refractivity contribution in [3.63, 3.8) is 0 Å². The van der Waals surface area contributed by atoms with Crippen molar-refractivity contribution in [1.29, 1.82) is 0 Å². The molecule has 0 aliphatic rings. The van der Waals surface area contributed by atoms with Crippen molar-refractivity contribution < 1.29 is 17.9 Å². The van der Waals surface area contributed by atoms with E-state index in [1.165, 1.54) is 24.4 Å². The SMILES string of the molecule is Cc1ccc(C=Nn2c(-c3cccc(OC(F)(F)F)c3)nc3ccc(Br)cc3c2=O)cc1. The van der Waals surface area contributed by atoms with Crippen LogP contribution in [0.2, 0.25) is 0 Å². The summed E-state index contributed by atoms with van der Waals surface area (Å²) in [5.74, 6) is -0.338. The Morgan fingerprint density at radius 2 is 1.81 bits per heavy atom. The van der Waals surface area contributed by atoms with Crippen molar-refractivity contribution in [2.24, 2.45) is 5.10 Å². The van der Waals surface area contributed by atoms with Gasteiger partial charge in [0, 0.05) is 10.0 Å². The maximum absolute atomic E-state index is 13.2. The van der Waals surface area contributed by atoms with Gasteiger partial charge in [-0.1, -0.05) is 57.9 Å². The first-order valence-electron chi connectivity index (χ1n) is 9.39. The molecule has 32 heavy (non-hydrogen) atoms. The third-order valence-electron chi connectivity index (χ3n) is 4.53. The second-order valence-electron chi connectivity index (χ2n) is 6.94. The molecule has 3 aromatic carbocycles. The Balaban J connectivity index is 1.90. The minimum Gasteiger partial charge on any atom is -0.406 e. The van der Waals surface area contributed by atoms with Gasteiger partial charge in [0.15, 0.2) is 5.82 Å². The smallest absolute Gasteiger partial charge is 0.406 e. The van der Waals surface area contributed by atoms with E-state index in [9.17, 15) is 18.0 Å². The number of hydrogen-bond acceptors (Lipinski definition) is 4. The van der Waals surface area contributed by atoms with E-state index in [1.54, 1.807) is 18.2 Å². The zero-order valence-corrected chi connectivity index (χ0v) is 18.2. The molecule has 0 N–H and O–H groups in total. The molecule has 4 rings (SSSR count). The van der Waals surface area contributed by atoms with Gasteiger partial charge in [-0.2, -0.15) is 9.78 Å². The summed E-state index contributed by atoms with van der Waals surface area (Å²) < 4.78 is 43.8. The van der Waals surface area contributed by atoms with Gasteiger partial charge in [0.2, 0.25) is 0 Å². The van der Waals surface area contributed by atoms with Crippen LogP contribution in [-0.4, -0.2) is 22.2 Å². The van der Waals surface area contributed by atoms with Crippen LogP contribution in [0, 0.1) is 6.92 Å². The number of hydrogen-bond donors (Lipinski definition) is 0. The standard InChI is InChI=1S/C23H15BrF3N3O2/c1-14-5-7-15(8-6-14)13-28-30-21(16-3-2-4-18(11-16)32-23(25,26)27)29-20-10-9-17(24)12-19(20)22(30)31/h2-13H,1H3. The lowest BCUT2D eigenvalue weighted by molar-refractivity contribution is -0.274. The minimum absolute atomic E-state index is 0.0841. The van der Waals surface area contributed by atoms with Gasteiger partial charge in [-0.25, -0.2) is 4.98 Å². The van der Waals surface area contributed by atoms with E-state index in [0.29, 0.717) is 15.4 Å². The molecule has 0 saturated carbocycles. The number of aromatic nitrogens is 2. The van der Waals surface area contributed by atoms with Crippen LogP contribution in [0.15, 0.2) is 81.1 Å². The van der Waals surface area contributed by atoms with E-state index >= 15 is 0 Å². The van der Waals surface area contributed by atoms with Gasteiger partial charge in [-0.15, -0.1) is 13.2 Å². The van der Waals surface area contributed by atoms with Crippen LogP contribution in [0.4, 0.5) is 13.2 Å². The molecule has 0 atom stereocenters. The number of aryl methyl sites for hydroxylation is 1. The van der Waals surface area contributed by atoms with Crippen molar-refractivity contribution in [3.05, 3.63) is 92.7 Å². The summed E-state index contributed by atoms with van der Waals surface area (Å²) in [5.41, 5.74) is 1.99. The van der Waals surface area contributed by atoms with Gasteiger partial charge < -0.3 is 4.74 Å². The average Bonchev–Trinajstić information content (AvgIpc) is 2.73. The third-order valence-corrected chi connectivity index (χ3v) is 5.03. The summed E-state index contributed by atoms with van der Waals surface area (Å²) in [7, 11) is 0. The highest BCUT2D eigenvalue weighted by atomic mass is 79.9. The normalized spacial score (nSPS) is 11.9. The van der Waals surface area contributed by atoms with Crippen molar-refractivity contribution in [3.8, 4) is 17.1 Å². The predicted octanol–water partition coefficient (Wildman–Crippen LogP) is 5.92. The second-order valence-corrected chi connectivity index (χ2v) is 7.86. The van der Waals surface area contributed by atoms with Gasteiger partial charge in [-0.3, -0.25) is 4.79 Å². The molecule has 9 heteroatoms. The highest BCUT2D eigenvalue weighted by Crippen LogP contribution is 2.28. The molecule has 0 radical (unpaired) electrons. The molecule has 5 nitrogen and oxygen atoms in total. The molecule has 0 saturated heterocycles. The largest absolute Gasteiger partial charge is 0.573 e. The molecule has 0 unspecified atom stereocenters. The van der Waals surface area contributed by atoms with E-state index in [4.69, 9.17) is 0 Å². The molecule has 162 valence electrons. The Morgan fingerprint density at radius 3 is 2.53 bits per heavy atom. The lowest BCUT2D eigenvalue weighted by atomic mass is 10.1. The molecular weight excluding hydrogens is 487 g/mol. The van der Waals surface area contributed by atoms with Crippen LogP contribution >= 0.6 is 15.9 Å². The summed E-state index contributed by atoms with van der Waals surface area (Å²) in [5, 5.41) is 4.62. The monoisotopic (exact) mass is 501 g/mol. The van der Waals surface area contributed by atoms with Crippen LogP contribution in [0.3, 0.4) is 0 Å². The van der Waals surface area contributed by atoms with Gasteiger partial charge in [0.25, 0.3) is 5.56 Å². The van der Waals surface area contributed by atoms with E-state index in [0.717, 1.165) is 21.9 Å². The number of ether oxygens (including phenoxy) is 1. The van der Waals surface area contributed by atoms with Crippen molar-refractivity contribution >= 4 is 33.0 Å². The molecular formula is C23H15BrF3N3O2. The molecule has 1 aromatic heterocycles. The van der Waals surface area contributed by atoms with Gasteiger partial charge in [-0.05, 0) is 42.8 Å².